The number of fused-ring (bicyclic) bond motifs is 1. The molecule has 0 spiro atoms. The van der Waals surface area contributed by atoms with Crippen molar-refractivity contribution in [3.63, 3.8) is 0 Å². The Bertz CT molecular complexity index is 1020. The number of carbonyl (C=O) groups is 1. The van der Waals surface area contributed by atoms with Gasteiger partial charge in [0.2, 0.25) is 0 Å². The minimum Gasteiger partial charge on any atom is -0.325 e. The molecule has 0 radical (unpaired) electrons. The molecule has 150 valence electrons. The van der Waals surface area contributed by atoms with Crippen molar-refractivity contribution in [1.82, 2.24) is 14.5 Å². The standard InChI is InChI=1S/C23H25ClN4O/c1-16-3-5-18(6-4-16)22-21(17-7-9-19(24)10-8-17)26-20-13-27(11-12-28(20)22)14-23(2,25)15-29/h3-10,15H,11-14,25H2,1-2H3. The van der Waals surface area contributed by atoms with Crippen LogP contribution in [0.3, 0.4) is 0 Å². The number of nitrogens with two attached hydrogens (primary N) is 1. The Morgan fingerprint density at radius 2 is 1.76 bits per heavy atom. The van der Waals surface area contributed by atoms with E-state index in [0.717, 1.165) is 47.7 Å². The predicted molar refractivity (Wildman–Crippen MR) is 117 cm³/mol. The van der Waals surface area contributed by atoms with Crippen LogP contribution in [-0.4, -0.2) is 39.4 Å². The summed E-state index contributed by atoms with van der Waals surface area (Å²) >= 11 is 6.10. The Morgan fingerprint density at radius 1 is 1.10 bits per heavy atom. The number of aldehydes is 1. The van der Waals surface area contributed by atoms with Crippen molar-refractivity contribution >= 4 is 17.9 Å². The highest BCUT2D eigenvalue weighted by Crippen LogP contribution is 2.35. The van der Waals surface area contributed by atoms with E-state index in [1.54, 1.807) is 6.92 Å². The maximum Gasteiger partial charge on any atom is 0.140 e. The first-order valence-corrected chi connectivity index (χ1v) is 10.1. The van der Waals surface area contributed by atoms with Crippen molar-refractivity contribution in [1.29, 1.82) is 0 Å². The van der Waals surface area contributed by atoms with Gasteiger partial charge in [-0.2, -0.15) is 0 Å². The maximum absolute atomic E-state index is 11.2. The van der Waals surface area contributed by atoms with E-state index in [1.165, 1.54) is 5.56 Å². The van der Waals surface area contributed by atoms with E-state index in [-0.39, 0.29) is 0 Å². The molecular weight excluding hydrogens is 384 g/mol. The highest BCUT2D eigenvalue weighted by molar-refractivity contribution is 6.30. The van der Waals surface area contributed by atoms with Gasteiger partial charge < -0.3 is 15.1 Å². The van der Waals surface area contributed by atoms with Crippen molar-refractivity contribution in [2.45, 2.75) is 32.5 Å². The number of hydrogen-bond donors (Lipinski definition) is 1. The second-order valence-corrected chi connectivity index (χ2v) is 8.52. The molecule has 4 rings (SSSR count). The van der Waals surface area contributed by atoms with Crippen LogP contribution in [-0.2, 0) is 17.9 Å². The van der Waals surface area contributed by atoms with E-state index < -0.39 is 5.54 Å². The molecule has 29 heavy (non-hydrogen) atoms. The third-order valence-electron chi connectivity index (χ3n) is 5.33. The molecule has 0 saturated heterocycles. The lowest BCUT2D eigenvalue weighted by Gasteiger charge is -2.32. The SMILES string of the molecule is Cc1ccc(-c2c(-c3ccc(Cl)cc3)nc3n2CCN(CC(C)(N)C=O)C3)cc1. The molecule has 0 bridgehead atoms. The zero-order valence-corrected chi connectivity index (χ0v) is 17.5. The molecule has 0 saturated carbocycles. The molecule has 1 aromatic heterocycles. The van der Waals surface area contributed by atoms with Gasteiger partial charge in [0.25, 0.3) is 0 Å². The van der Waals surface area contributed by atoms with Crippen LogP contribution in [0.2, 0.25) is 5.02 Å². The second kappa shape index (κ2) is 7.75. The van der Waals surface area contributed by atoms with E-state index in [4.69, 9.17) is 22.3 Å². The van der Waals surface area contributed by atoms with Gasteiger partial charge in [-0.05, 0) is 26.0 Å². The predicted octanol–water partition coefficient (Wildman–Crippen LogP) is 3.91. The molecule has 0 fully saturated rings. The number of aryl methyl sites for hydroxylation is 1. The van der Waals surface area contributed by atoms with E-state index in [0.29, 0.717) is 18.1 Å². The van der Waals surface area contributed by atoms with Crippen molar-refractivity contribution in [2.75, 3.05) is 13.1 Å². The smallest absolute Gasteiger partial charge is 0.140 e. The number of carbonyl (C=O) groups excluding carboxylic acids is 1. The highest BCUT2D eigenvalue weighted by atomic mass is 35.5. The van der Waals surface area contributed by atoms with Crippen LogP contribution >= 0.6 is 11.6 Å². The van der Waals surface area contributed by atoms with Crippen molar-refractivity contribution in [2.24, 2.45) is 5.73 Å². The third kappa shape index (κ3) is 4.13. The summed E-state index contributed by atoms with van der Waals surface area (Å²) in [5.41, 5.74) is 10.7. The summed E-state index contributed by atoms with van der Waals surface area (Å²) in [4.78, 5) is 18.4. The lowest BCUT2D eigenvalue weighted by Crippen LogP contribution is -2.50. The Labute approximate surface area is 176 Å². The van der Waals surface area contributed by atoms with Gasteiger partial charge in [-0.3, -0.25) is 4.90 Å². The van der Waals surface area contributed by atoms with Crippen LogP contribution in [0.15, 0.2) is 48.5 Å². The van der Waals surface area contributed by atoms with Gasteiger partial charge >= 0.3 is 0 Å². The molecule has 2 heterocycles. The normalized spacial score (nSPS) is 16.3. The summed E-state index contributed by atoms with van der Waals surface area (Å²) in [6.07, 6.45) is 0.824. The molecule has 1 aliphatic rings. The van der Waals surface area contributed by atoms with Crippen LogP contribution in [0.5, 0.6) is 0 Å². The summed E-state index contributed by atoms with van der Waals surface area (Å²) in [5, 5.41) is 0.705. The molecule has 2 aromatic carbocycles. The molecular formula is C23H25ClN4O. The minimum absolute atomic E-state index is 0.513. The average molecular weight is 409 g/mol. The number of hydrogen-bond acceptors (Lipinski definition) is 4. The number of imidazole rings is 1. The minimum atomic E-state index is -0.854. The average Bonchev–Trinajstić information content (AvgIpc) is 3.07. The number of rotatable bonds is 5. The van der Waals surface area contributed by atoms with Crippen LogP contribution in [0, 0.1) is 6.92 Å². The molecule has 5 nitrogen and oxygen atoms in total. The van der Waals surface area contributed by atoms with Crippen LogP contribution < -0.4 is 5.73 Å². The first-order valence-electron chi connectivity index (χ1n) is 9.76. The van der Waals surface area contributed by atoms with Gasteiger partial charge in [-0.25, -0.2) is 4.98 Å². The monoisotopic (exact) mass is 408 g/mol. The Hall–Kier alpha value is -2.47. The zero-order chi connectivity index (χ0) is 20.6. The molecule has 0 aliphatic carbocycles. The largest absolute Gasteiger partial charge is 0.325 e. The van der Waals surface area contributed by atoms with Crippen LogP contribution in [0.25, 0.3) is 22.5 Å². The zero-order valence-electron chi connectivity index (χ0n) is 16.7. The second-order valence-electron chi connectivity index (χ2n) is 8.08. The summed E-state index contributed by atoms with van der Waals surface area (Å²) in [6, 6.07) is 16.4. The first-order chi connectivity index (χ1) is 13.9. The van der Waals surface area contributed by atoms with Crippen molar-refractivity contribution in [3.8, 4) is 22.5 Å². The van der Waals surface area contributed by atoms with Gasteiger partial charge in [0.05, 0.1) is 23.5 Å². The lowest BCUT2D eigenvalue weighted by atomic mass is 10.0. The molecule has 2 N–H and O–H groups in total. The fraction of sp³-hybridized carbons (Fsp3) is 0.304. The number of benzene rings is 2. The Kier molecular flexibility index (Phi) is 5.30. The van der Waals surface area contributed by atoms with Crippen molar-refractivity contribution < 1.29 is 4.79 Å². The van der Waals surface area contributed by atoms with E-state index >= 15 is 0 Å². The summed E-state index contributed by atoms with van der Waals surface area (Å²) in [7, 11) is 0. The summed E-state index contributed by atoms with van der Waals surface area (Å²) in [5.74, 6) is 0.985. The van der Waals surface area contributed by atoms with E-state index in [2.05, 4.69) is 40.7 Å². The topological polar surface area (TPSA) is 64.2 Å². The maximum atomic E-state index is 11.2. The Balaban J connectivity index is 1.78. The summed E-state index contributed by atoms with van der Waals surface area (Å²) in [6.45, 7) is 6.64. The summed E-state index contributed by atoms with van der Waals surface area (Å²) < 4.78 is 2.29. The number of halogens is 1. The van der Waals surface area contributed by atoms with Crippen molar-refractivity contribution in [3.05, 3.63) is 64.9 Å². The molecule has 1 aliphatic heterocycles. The quantitative estimate of drug-likeness (QED) is 0.650. The van der Waals surface area contributed by atoms with Gasteiger partial charge in [-0.1, -0.05) is 53.6 Å². The molecule has 0 amide bonds. The van der Waals surface area contributed by atoms with E-state index in [9.17, 15) is 4.79 Å². The lowest BCUT2D eigenvalue weighted by molar-refractivity contribution is -0.112. The first kappa shape index (κ1) is 19.8. The van der Waals surface area contributed by atoms with Gasteiger partial charge in [0.15, 0.2) is 0 Å². The van der Waals surface area contributed by atoms with Crippen LogP contribution in [0.1, 0.15) is 18.3 Å². The molecule has 3 aromatic rings. The molecule has 1 atom stereocenters. The highest BCUT2D eigenvalue weighted by Gasteiger charge is 2.28. The number of aromatic nitrogens is 2. The Morgan fingerprint density at radius 3 is 2.41 bits per heavy atom. The fourth-order valence-corrected chi connectivity index (χ4v) is 3.97. The van der Waals surface area contributed by atoms with Crippen LogP contribution in [0.4, 0.5) is 0 Å². The van der Waals surface area contributed by atoms with Gasteiger partial charge in [0, 0.05) is 35.8 Å². The molecule has 6 heteroatoms. The van der Waals surface area contributed by atoms with E-state index in [1.807, 2.05) is 24.3 Å². The van der Waals surface area contributed by atoms with Gasteiger partial charge in [-0.15, -0.1) is 0 Å². The fourth-order valence-electron chi connectivity index (χ4n) is 3.85. The molecule has 1 unspecified atom stereocenters. The third-order valence-corrected chi connectivity index (χ3v) is 5.58. The van der Waals surface area contributed by atoms with Gasteiger partial charge in [0.1, 0.15) is 12.1 Å². The number of nitrogens with zero attached hydrogens (tertiary/aromatic N) is 3.